The van der Waals surface area contributed by atoms with E-state index in [1.165, 1.54) is 0 Å². The van der Waals surface area contributed by atoms with Gasteiger partial charge >= 0.3 is 0 Å². The molecule has 12 heteroatoms. The number of nitrogens with zero attached hydrogens (tertiary/aromatic N) is 6. The summed E-state index contributed by atoms with van der Waals surface area (Å²) in [5, 5.41) is 0. The fourth-order valence-corrected chi connectivity index (χ4v) is 6.66. The van der Waals surface area contributed by atoms with Crippen LogP contribution in [0.15, 0.2) is 63.2 Å². The second kappa shape index (κ2) is 8.54. The number of benzene rings is 4. The topological polar surface area (TPSA) is 77.3 Å². The summed E-state index contributed by atoms with van der Waals surface area (Å²) in [6, 6.07) is 11.6. The maximum absolute atomic E-state index is 5.04. The molecule has 3 heterocycles. The number of fused-ring (bicyclic) bond motifs is 9. The Balaban J connectivity index is 1.84. The van der Waals surface area contributed by atoms with Crippen LogP contribution < -0.4 is 0 Å². The molecule has 0 N–H and O–H groups in total. The molecule has 0 saturated carbocycles. The van der Waals surface area contributed by atoms with E-state index in [2.05, 4.69) is 95.6 Å². The summed E-state index contributed by atoms with van der Waals surface area (Å²) < 4.78 is 4.98. The minimum absolute atomic E-state index is 0.602. The molecular formula is C24H6Br6N6. The average Bonchev–Trinajstić information content (AvgIpc) is 2.89. The van der Waals surface area contributed by atoms with Gasteiger partial charge in [-0.05, 0) is 132 Å². The van der Waals surface area contributed by atoms with E-state index in [9.17, 15) is 0 Å². The van der Waals surface area contributed by atoms with Crippen molar-refractivity contribution in [3.8, 4) is 0 Å². The summed E-state index contributed by atoms with van der Waals surface area (Å²) in [6.45, 7) is 0. The molecule has 0 bridgehead atoms. The fourth-order valence-electron chi connectivity index (χ4n) is 4.21. The molecule has 0 radical (unpaired) electrons. The summed E-state index contributed by atoms with van der Waals surface area (Å²) in [5.74, 6) is 0. The van der Waals surface area contributed by atoms with Gasteiger partial charge in [-0.15, -0.1) is 0 Å². The predicted octanol–water partition coefficient (Wildman–Crippen LogP) is 9.55. The van der Waals surface area contributed by atoms with Crippen molar-refractivity contribution in [3.63, 3.8) is 0 Å². The highest BCUT2D eigenvalue weighted by Crippen LogP contribution is 2.39. The second-order valence-electron chi connectivity index (χ2n) is 7.94. The zero-order chi connectivity index (χ0) is 24.9. The van der Waals surface area contributed by atoms with E-state index in [4.69, 9.17) is 29.9 Å². The maximum Gasteiger partial charge on any atom is 0.120 e. The molecule has 0 spiro atoms. The molecule has 0 fully saturated rings. The molecule has 0 amide bonds. The van der Waals surface area contributed by atoms with Crippen LogP contribution in [0, 0.1) is 0 Å². The summed E-state index contributed by atoms with van der Waals surface area (Å²) >= 11 is 21.8. The smallest absolute Gasteiger partial charge is 0.120 e. The molecule has 4 aromatic carbocycles. The van der Waals surface area contributed by atoms with E-state index in [0.29, 0.717) is 66.2 Å². The molecule has 7 aromatic rings. The van der Waals surface area contributed by atoms with Gasteiger partial charge in [0.05, 0.1) is 0 Å². The molecular weight excluding hydrogens is 852 g/mol. The van der Waals surface area contributed by atoms with E-state index in [0.717, 1.165) is 26.8 Å². The summed E-state index contributed by atoms with van der Waals surface area (Å²) in [5.41, 5.74) is 7.89. The molecule has 0 unspecified atom stereocenters. The third kappa shape index (κ3) is 3.41. The molecule has 174 valence electrons. The Morgan fingerprint density at radius 2 is 0.389 bits per heavy atom. The van der Waals surface area contributed by atoms with E-state index >= 15 is 0 Å². The van der Waals surface area contributed by atoms with Crippen LogP contribution in [-0.4, -0.2) is 29.9 Å². The van der Waals surface area contributed by atoms with Gasteiger partial charge in [-0.3, -0.25) is 0 Å². The van der Waals surface area contributed by atoms with Crippen molar-refractivity contribution in [1.29, 1.82) is 0 Å². The highest BCUT2D eigenvalue weighted by molar-refractivity contribution is 9.11. The first kappa shape index (κ1) is 23.7. The van der Waals surface area contributed by atoms with Gasteiger partial charge in [0.1, 0.15) is 66.2 Å². The van der Waals surface area contributed by atoms with Gasteiger partial charge in [-0.25, -0.2) is 29.9 Å². The lowest BCUT2D eigenvalue weighted by atomic mass is 10.1. The van der Waals surface area contributed by atoms with E-state index in [-0.39, 0.29) is 0 Å². The third-order valence-electron chi connectivity index (χ3n) is 5.85. The molecule has 36 heavy (non-hydrogen) atoms. The average molecular weight is 858 g/mol. The zero-order valence-corrected chi connectivity index (χ0v) is 26.9. The van der Waals surface area contributed by atoms with E-state index in [1.54, 1.807) is 0 Å². The lowest BCUT2D eigenvalue weighted by molar-refractivity contribution is 1.32. The quantitative estimate of drug-likeness (QED) is 0.112. The number of rotatable bonds is 0. The van der Waals surface area contributed by atoms with Crippen LogP contribution in [0.2, 0.25) is 0 Å². The first-order valence-corrected chi connectivity index (χ1v) is 15.1. The minimum Gasteiger partial charge on any atom is -0.241 e. The van der Waals surface area contributed by atoms with Crippen molar-refractivity contribution in [3.05, 3.63) is 63.2 Å². The third-order valence-corrected chi connectivity index (χ3v) is 9.69. The Labute approximate surface area is 252 Å². The van der Waals surface area contributed by atoms with Crippen molar-refractivity contribution in [2.45, 2.75) is 0 Å². The number of halogens is 6. The minimum atomic E-state index is 0.602. The molecule has 0 aliphatic rings. The predicted molar refractivity (Wildman–Crippen MR) is 164 cm³/mol. The monoisotopic (exact) mass is 852 g/mol. The Hall–Kier alpha value is -1.44. The Kier molecular flexibility index (Phi) is 5.61. The van der Waals surface area contributed by atoms with Gasteiger partial charge in [0, 0.05) is 26.8 Å². The maximum atomic E-state index is 5.04. The van der Waals surface area contributed by atoms with Gasteiger partial charge in [0.25, 0.3) is 0 Å². The van der Waals surface area contributed by atoms with Crippen LogP contribution in [-0.2, 0) is 0 Å². The summed E-state index contributed by atoms with van der Waals surface area (Å²) in [7, 11) is 0. The SMILES string of the molecule is Brc1ccc(Br)c2nc3c(nc12)c1nc2c(Br)ccc(Br)c2nc1c1nc2c(Br)ccc(Br)c2nc31. The van der Waals surface area contributed by atoms with Crippen LogP contribution in [0.25, 0.3) is 66.2 Å². The van der Waals surface area contributed by atoms with Crippen molar-refractivity contribution >= 4 is 162 Å². The molecule has 0 aliphatic carbocycles. The van der Waals surface area contributed by atoms with Gasteiger partial charge in [-0.1, -0.05) is 0 Å². The van der Waals surface area contributed by atoms with Crippen LogP contribution in [0.1, 0.15) is 0 Å². The van der Waals surface area contributed by atoms with Crippen LogP contribution in [0.3, 0.4) is 0 Å². The second-order valence-corrected chi connectivity index (χ2v) is 13.1. The highest BCUT2D eigenvalue weighted by atomic mass is 79.9. The van der Waals surface area contributed by atoms with Gasteiger partial charge in [-0.2, -0.15) is 0 Å². The molecule has 0 atom stereocenters. The van der Waals surface area contributed by atoms with Gasteiger partial charge in [0.2, 0.25) is 0 Å². The van der Waals surface area contributed by atoms with E-state index in [1.807, 2.05) is 36.4 Å². The molecule has 0 saturated heterocycles. The molecule has 3 aromatic heterocycles. The van der Waals surface area contributed by atoms with Crippen LogP contribution >= 0.6 is 95.6 Å². The van der Waals surface area contributed by atoms with Crippen molar-refractivity contribution < 1.29 is 0 Å². The standard InChI is InChI=1S/C24H6Br6N6/c25-7-1-2-8(26)14-13(7)31-19-20(32-14)22-24(36-18-12(30)6-5-11(29)17(18)34-22)23-21(19)33-15-9(27)3-4-10(28)16(15)35-23/h1-6H. The number of hydrogen-bond acceptors (Lipinski definition) is 6. The Bertz CT molecular complexity index is 1710. The van der Waals surface area contributed by atoms with Crippen LogP contribution in [0.5, 0.6) is 0 Å². The van der Waals surface area contributed by atoms with Crippen LogP contribution in [0.4, 0.5) is 0 Å². The van der Waals surface area contributed by atoms with Crippen molar-refractivity contribution in [2.75, 3.05) is 0 Å². The fraction of sp³-hybridized carbons (Fsp3) is 0. The largest absolute Gasteiger partial charge is 0.241 e. The van der Waals surface area contributed by atoms with Gasteiger partial charge in [0.15, 0.2) is 0 Å². The highest BCUT2D eigenvalue weighted by Gasteiger charge is 2.22. The van der Waals surface area contributed by atoms with Gasteiger partial charge < -0.3 is 0 Å². The zero-order valence-electron chi connectivity index (χ0n) is 17.4. The number of hydrogen-bond donors (Lipinski definition) is 0. The molecule has 0 aliphatic heterocycles. The van der Waals surface area contributed by atoms with Crippen molar-refractivity contribution in [2.24, 2.45) is 0 Å². The Morgan fingerprint density at radius 3 is 0.528 bits per heavy atom. The molecule has 6 nitrogen and oxygen atoms in total. The lowest BCUT2D eigenvalue weighted by Gasteiger charge is -2.12. The van der Waals surface area contributed by atoms with Crippen molar-refractivity contribution in [1.82, 2.24) is 29.9 Å². The molecule has 7 rings (SSSR count). The first-order chi connectivity index (χ1) is 17.3. The first-order valence-electron chi connectivity index (χ1n) is 10.3. The van der Waals surface area contributed by atoms with E-state index < -0.39 is 0 Å². The summed E-state index contributed by atoms with van der Waals surface area (Å²) in [4.78, 5) is 30.2. The number of aromatic nitrogens is 6. The normalized spacial score (nSPS) is 12.2. The summed E-state index contributed by atoms with van der Waals surface area (Å²) in [6.07, 6.45) is 0. The lowest BCUT2D eigenvalue weighted by Crippen LogP contribution is -2.00. The Morgan fingerprint density at radius 1 is 0.250 bits per heavy atom.